The van der Waals surface area contributed by atoms with Gasteiger partial charge in [-0.25, -0.2) is 0 Å². The van der Waals surface area contributed by atoms with E-state index in [2.05, 4.69) is 0 Å². The quantitative estimate of drug-likeness (QED) is 0.846. The molecule has 1 aliphatic carbocycles. The summed E-state index contributed by atoms with van der Waals surface area (Å²) in [5, 5.41) is 0. The molecule has 18 heavy (non-hydrogen) atoms. The van der Waals surface area contributed by atoms with Crippen molar-refractivity contribution in [3.8, 4) is 0 Å². The second-order valence-electron chi connectivity index (χ2n) is 4.68. The van der Waals surface area contributed by atoms with Crippen LogP contribution in [0.1, 0.15) is 24.8 Å². The molecule has 0 bridgehead atoms. The molecule has 0 radical (unpaired) electrons. The van der Waals surface area contributed by atoms with Crippen LogP contribution in [0.2, 0.25) is 0 Å². The van der Waals surface area contributed by atoms with E-state index in [1.807, 2.05) is 37.3 Å². The van der Waals surface area contributed by atoms with E-state index >= 15 is 0 Å². The Kier molecular flexibility index (Phi) is 3.65. The number of carbonyl (C=O) groups excluding carboxylic acids is 2. The second kappa shape index (κ2) is 5.21. The first kappa shape index (κ1) is 12.6. The number of hydrogen-bond acceptors (Lipinski definition) is 2. The molecule has 1 saturated carbocycles. The zero-order valence-corrected chi connectivity index (χ0v) is 10.5. The highest BCUT2D eigenvalue weighted by molar-refractivity contribution is 5.87. The Bertz CT molecular complexity index is 444. The number of rotatable bonds is 5. The molecule has 1 aromatic carbocycles. The first-order valence-corrected chi connectivity index (χ1v) is 6.25. The van der Waals surface area contributed by atoms with Crippen molar-refractivity contribution >= 4 is 11.8 Å². The van der Waals surface area contributed by atoms with Gasteiger partial charge in [0.05, 0.1) is 6.54 Å². The van der Waals surface area contributed by atoms with Crippen molar-refractivity contribution in [2.75, 3.05) is 13.1 Å². The fourth-order valence-electron chi connectivity index (χ4n) is 2.30. The predicted molar refractivity (Wildman–Crippen MR) is 68.7 cm³/mol. The minimum Gasteiger partial charge on any atom is -0.368 e. The van der Waals surface area contributed by atoms with Crippen molar-refractivity contribution in [3.63, 3.8) is 0 Å². The van der Waals surface area contributed by atoms with E-state index in [-0.39, 0.29) is 18.4 Å². The van der Waals surface area contributed by atoms with Gasteiger partial charge in [-0.05, 0) is 24.8 Å². The number of carbonyl (C=O) groups is 2. The summed E-state index contributed by atoms with van der Waals surface area (Å²) in [6.45, 7) is 2.41. The highest BCUT2D eigenvalue weighted by atomic mass is 16.2. The van der Waals surface area contributed by atoms with Gasteiger partial charge in [-0.1, -0.05) is 30.3 Å². The van der Waals surface area contributed by atoms with Crippen LogP contribution in [0, 0.1) is 5.92 Å². The molecule has 0 aromatic heterocycles. The molecule has 2 rings (SSSR count). The fraction of sp³-hybridized carbons (Fsp3) is 0.429. The standard InChI is InChI=1S/C14H18N2O2/c1-2-16(9-13(15)17)14(18)12-8-11(12)10-6-4-3-5-7-10/h3-7,11-12H,2,8-9H2,1H3,(H2,15,17)/t11-,12+/m0/s1. The molecule has 2 N–H and O–H groups in total. The lowest BCUT2D eigenvalue weighted by Gasteiger charge is -2.19. The molecule has 0 saturated heterocycles. The summed E-state index contributed by atoms with van der Waals surface area (Å²) in [6.07, 6.45) is 0.873. The Morgan fingerprint density at radius 1 is 1.33 bits per heavy atom. The number of likely N-dealkylation sites (N-methyl/N-ethyl adjacent to an activating group) is 1. The number of benzene rings is 1. The van der Waals surface area contributed by atoms with E-state index in [0.29, 0.717) is 12.5 Å². The first-order valence-electron chi connectivity index (χ1n) is 6.25. The van der Waals surface area contributed by atoms with Gasteiger partial charge in [0.25, 0.3) is 0 Å². The van der Waals surface area contributed by atoms with Crippen LogP contribution in [0.5, 0.6) is 0 Å². The Morgan fingerprint density at radius 3 is 2.56 bits per heavy atom. The third-order valence-electron chi connectivity index (χ3n) is 3.38. The van der Waals surface area contributed by atoms with Gasteiger partial charge in [-0.15, -0.1) is 0 Å². The highest BCUT2D eigenvalue weighted by Gasteiger charge is 2.45. The number of nitrogens with zero attached hydrogens (tertiary/aromatic N) is 1. The number of primary amides is 1. The highest BCUT2D eigenvalue weighted by Crippen LogP contribution is 2.48. The van der Waals surface area contributed by atoms with Crippen LogP contribution in [0.3, 0.4) is 0 Å². The molecule has 0 aliphatic heterocycles. The number of nitrogens with two attached hydrogens (primary N) is 1. The lowest BCUT2D eigenvalue weighted by molar-refractivity contribution is -0.136. The molecule has 2 amide bonds. The van der Waals surface area contributed by atoms with Crippen LogP contribution in [0.4, 0.5) is 0 Å². The minimum absolute atomic E-state index is 0.0201. The fourth-order valence-corrected chi connectivity index (χ4v) is 2.30. The van der Waals surface area contributed by atoms with Crippen molar-refractivity contribution in [1.29, 1.82) is 0 Å². The molecule has 0 heterocycles. The maximum atomic E-state index is 12.2. The largest absolute Gasteiger partial charge is 0.368 e. The normalized spacial score (nSPS) is 21.4. The average molecular weight is 246 g/mol. The van der Waals surface area contributed by atoms with Gasteiger partial charge in [0.2, 0.25) is 11.8 Å². The summed E-state index contributed by atoms with van der Waals surface area (Å²) < 4.78 is 0. The van der Waals surface area contributed by atoms with Crippen molar-refractivity contribution in [2.24, 2.45) is 11.7 Å². The van der Waals surface area contributed by atoms with Crippen LogP contribution >= 0.6 is 0 Å². The van der Waals surface area contributed by atoms with E-state index in [9.17, 15) is 9.59 Å². The first-order chi connectivity index (χ1) is 8.63. The molecule has 1 aromatic rings. The average Bonchev–Trinajstić information content (AvgIpc) is 3.16. The Labute approximate surface area is 107 Å². The van der Waals surface area contributed by atoms with Crippen LogP contribution in [-0.2, 0) is 9.59 Å². The van der Waals surface area contributed by atoms with Crippen LogP contribution in [0.15, 0.2) is 30.3 Å². The third kappa shape index (κ3) is 2.70. The van der Waals surface area contributed by atoms with Crippen molar-refractivity contribution in [3.05, 3.63) is 35.9 Å². The second-order valence-corrected chi connectivity index (χ2v) is 4.68. The Balaban J connectivity index is 1.98. The monoisotopic (exact) mass is 246 g/mol. The smallest absolute Gasteiger partial charge is 0.237 e. The Hall–Kier alpha value is -1.84. The van der Waals surface area contributed by atoms with Gasteiger partial charge < -0.3 is 10.6 Å². The van der Waals surface area contributed by atoms with Gasteiger partial charge in [0.1, 0.15) is 0 Å². The van der Waals surface area contributed by atoms with Gasteiger partial charge in [0, 0.05) is 12.5 Å². The van der Waals surface area contributed by atoms with Crippen LogP contribution < -0.4 is 5.73 Å². The minimum atomic E-state index is -0.456. The summed E-state index contributed by atoms with van der Waals surface area (Å²) in [7, 11) is 0. The lowest BCUT2D eigenvalue weighted by Crippen LogP contribution is -2.39. The van der Waals surface area contributed by atoms with Crippen molar-refractivity contribution < 1.29 is 9.59 Å². The predicted octanol–water partition coefficient (Wildman–Crippen LogP) is 1.12. The summed E-state index contributed by atoms with van der Waals surface area (Å²) in [5.41, 5.74) is 6.34. The molecule has 2 atom stereocenters. The van der Waals surface area contributed by atoms with Gasteiger partial charge in [-0.3, -0.25) is 9.59 Å². The molecular formula is C14H18N2O2. The lowest BCUT2D eigenvalue weighted by atomic mass is 10.1. The van der Waals surface area contributed by atoms with Gasteiger partial charge in [0.15, 0.2) is 0 Å². The molecule has 4 nitrogen and oxygen atoms in total. The number of amides is 2. The molecular weight excluding hydrogens is 228 g/mol. The zero-order chi connectivity index (χ0) is 13.1. The molecule has 4 heteroatoms. The molecule has 1 fully saturated rings. The van der Waals surface area contributed by atoms with E-state index in [0.717, 1.165) is 6.42 Å². The molecule has 0 spiro atoms. The Morgan fingerprint density at radius 2 is 2.00 bits per heavy atom. The summed E-state index contributed by atoms with van der Waals surface area (Å²) in [5.74, 6) is -0.0837. The van der Waals surface area contributed by atoms with Crippen molar-refractivity contribution in [1.82, 2.24) is 4.90 Å². The van der Waals surface area contributed by atoms with Crippen LogP contribution in [0.25, 0.3) is 0 Å². The van der Waals surface area contributed by atoms with Gasteiger partial charge >= 0.3 is 0 Å². The third-order valence-corrected chi connectivity index (χ3v) is 3.38. The summed E-state index contributed by atoms with van der Waals surface area (Å²) >= 11 is 0. The van der Waals surface area contributed by atoms with Gasteiger partial charge in [-0.2, -0.15) is 0 Å². The van der Waals surface area contributed by atoms with Crippen molar-refractivity contribution in [2.45, 2.75) is 19.3 Å². The molecule has 0 unspecified atom stereocenters. The molecule has 1 aliphatic rings. The maximum Gasteiger partial charge on any atom is 0.237 e. The SMILES string of the molecule is CCN(CC(N)=O)C(=O)[C@@H]1C[C@H]1c1ccccc1. The zero-order valence-electron chi connectivity index (χ0n) is 10.5. The topological polar surface area (TPSA) is 63.4 Å². The van der Waals surface area contributed by atoms with E-state index in [4.69, 9.17) is 5.73 Å². The van der Waals surface area contributed by atoms with Crippen LogP contribution in [-0.4, -0.2) is 29.8 Å². The van der Waals surface area contributed by atoms with E-state index in [1.54, 1.807) is 0 Å². The summed E-state index contributed by atoms with van der Waals surface area (Å²) in [4.78, 5) is 24.6. The van der Waals surface area contributed by atoms with E-state index in [1.165, 1.54) is 10.5 Å². The van der Waals surface area contributed by atoms with E-state index < -0.39 is 5.91 Å². The maximum absolute atomic E-state index is 12.2. The summed E-state index contributed by atoms with van der Waals surface area (Å²) in [6, 6.07) is 10.0. The molecule has 96 valence electrons. The number of hydrogen-bond donors (Lipinski definition) is 1.